The lowest BCUT2D eigenvalue weighted by Crippen LogP contribution is -2.60. The summed E-state index contributed by atoms with van der Waals surface area (Å²) < 4.78 is 21.0. The molecule has 0 unspecified atom stereocenters. The topological polar surface area (TPSA) is 79.5 Å². The molecule has 3 aromatic heterocycles. The number of carbonyl (C=O) groups excluding carboxylic acids is 1. The standard InChI is InChI=1S/C25H24N4O4S/c1-25(13-32-14-25)26-24(30)22-19-11-33-21-9-20(31-3)17(15-4-6-28(2)10-15)8-18(21)23(19)29(27-22)16-5-7-34-12-16/h4-10,12H,11,13-14H2,1-3H3,(H,26,30). The fourth-order valence-corrected chi connectivity index (χ4v) is 5.11. The van der Waals surface area contributed by atoms with Crippen LogP contribution in [-0.4, -0.2) is 46.1 Å². The van der Waals surface area contributed by atoms with Gasteiger partial charge in [0.1, 0.15) is 18.1 Å². The van der Waals surface area contributed by atoms with E-state index in [0.29, 0.717) is 24.7 Å². The summed E-state index contributed by atoms with van der Waals surface area (Å²) in [5.41, 5.74) is 5.38. The first-order chi connectivity index (χ1) is 16.5. The number of nitrogens with zero attached hydrogens (tertiary/aromatic N) is 3. The first kappa shape index (κ1) is 21.0. The van der Waals surface area contributed by atoms with E-state index in [1.807, 2.05) is 64.6 Å². The fraction of sp³-hybridized carbons (Fsp3) is 0.280. The number of aromatic nitrogens is 3. The van der Waals surface area contributed by atoms with Crippen LogP contribution in [-0.2, 0) is 18.4 Å². The van der Waals surface area contributed by atoms with Crippen LogP contribution in [0.15, 0.2) is 47.4 Å². The third-order valence-electron chi connectivity index (χ3n) is 6.28. The summed E-state index contributed by atoms with van der Waals surface area (Å²) in [5, 5.41) is 11.9. The molecule has 1 saturated heterocycles. The van der Waals surface area contributed by atoms with Gasteiger partial charge < -0.3 is 24.1 Å². The molecule has 0 atom stereocenters. The molecule has 34 heavy (non-hydrogen) atoms. The maximum atomic E-state index is 13.3. The number of ether oxygens (including phenoxy) is 3. The lowest BCUT2D eigenvalue weighted by atomic mass is 9.96. The predicted octanol–water partition coefficient (Wildman–Crippen LogP) is 4.03. The molecule has 174 valence electrons. The maximum Gasteiger partial charge on any atom is 0.272 e. The summed E-state index contributed by atoms with van der Waals surface area (Å²) in [6.45, 7) is 3.20. The fourth-order valence-electron chi connectivity index (χ4n) is 4.50. The van der Waals surface area contributed by atoms with Gasteiger partial charge in [-0.2, -0.15) is 16.4 Å². The predicted molar refractivity (Wildman–Crippen MR) is 129 cm³/mol. The average molecular weight is 477 g/mol. The summed E-state index contributed by atoms with van der Waals surface area (Å²) in [7, 11) is 3.64. The van der Waals surface area contributed by atoms with Crippen molar-refractivity contribution in [2.24, 2.45) is 7.05 Å². The Morgan fingerprint density at radius 2 is 2.12 bits per heavy atom. The SMILES string of the molecule is COc1cc2c(cc1-c1ccn(C)c1)-c1c(c(C(=O)NC3(C)COC3)nn1-c1ccsc1)CO2. The largest absolute Gasteiger partial charge is 0.496 e. The van der Waals surface area contributed by atoms with Crippen molar-refractivity contribution in [2.75, 3.05) is 20.3 Å². The first-order valence-corrected chi connectivity index (χ1v) is 11.9. The smallest absolute Gasteiger partial charge is 0.272 e. The van der Waals surface area contributed by atoms with Crippen LogP contribution in [0.3, 0.4) is 0 Å². The average Bonchev–Trinajstić information content (AvgIpc) is 3.56. The third kappa shape index (κ3) is 3.31. The Morgan fingerprint density at radius 3 is 2.76 bits per heavy atom. The van der Waals surface area contributed by atoms with E-state index in [0.717, 1.165) is 39.4 Å². The number of nitrogens with one attached hydrogen (secondary N) is 1. The van der Waals surface area contributed by atoms with Crippen molar-refractivity contribution in [3.63, 3.8) is 0 Å². The van der Waals surface area contributed by atoms with Gasteiger partial charge >= 0.3 is 0 Å². The van der Waals surface area contributed by atoms with Crippen molar-refractivity contribution in [1.82, 2.24) is 19.7 Å². The van der Waals surface area contributed by atoms with Crippen LogP contribution < -0.4 is 14.8 Å². The van der Waals surface area contributed by atoms with Crippen LogP contribution in [0.2, 0.25) is 0 Å². The zero-order valence-electron chi connectivity index (χ0n) is 19.1. The van der Waals surface area contributed by atoms with E-state index in [9.17, 15) is 4.79 Å². The number of rotatable bonds is 5. The molecule has 1 aromatic carbocycles. The number of aryl methyl sites for hydroxylation is 1. The van der Waals surface area contributed by atoms with Gasteiger partial charge in [0, 0.05) is 53.1 Å². The summed E-state index contributed by atoms with van der Waals surface area (Å²) >= 11 is 1.58. The van der Waals surface area contributed by atoms with Crippen molar-refractivity contribution < 1.29 is 19.0 Å². The Balaban J connectivity index is 1.53. The highest BCUT2D eigenvalue weighted by molar-refractivity contribution is 7.08. The van der Waals surface area contributed by atoms with Crippen LogP contribution in [0.25, 0.3) is 28.1 Å². The van der Waals surface area contributed by atoms with E-state index in [2.05, 4.69) is 11.4 Å². The Bertz CT molecular complexity index is 1400. The molecule has 9 heteroatoms. The van der Waals surface area contributed by atoms with E-state index < -0.39 is 0 Å². The van der Waals surface area contributed by atoms with E-state index in [-0.39, 0.29) is 18.1 Å². The Labute approximate surface area is 200 Å². The molecule has 0 bridgehead atoms. The van der Waals surface area contributed by atoms with Crippen molar-refractivity contribution >= 4 is 17.2 Å². The molecule has 8 nitrogen and oxygen atoms in total. The molecule has 6 rings (SSSR count). The molecular formula is C25H24N4O4S. The molecule has 0 radical (unpaired) electrons. The number of carbonyl (C=O) groups is 1. The summed E-state index contributed by atoms with van der Waals surface area (Å²) in [6.07, 6.45) is 4.05. The minimum Gasteiger partial charge on any atom is -0.496 e. The van der Waals surface area contributed by atoms with Gasteiger partial charge in [0.05, 0.1) is 37.2 Å². The second kappa shape index (κ2) is 7.75. The first-order valence-electron chi connectivity index (χ1n) is 11.0. The van der Waals surface area contributed by atoms with Crippen molar-refractivity contribution in [3.8, 4) is 39.6 Å². The number of fused-ring (bicyclic) bond motifs is 3. The molecule has 1 fully saturated rings. The highest BCUT2D eigenvalue weighted by Gasteiger charge is 2.38. The molecule has 2 aliphatic rings. The van der Waals surface area contributed by atoms with Gasteiger partial charge in [-0.05, 0) is 30.5 Å². The van der Waals surface area contributed by atoms with Crippen LogP contribution in [0, 0.1) is 0 Å². The third-order valence-corrected chi connectivity index (χ3v) is 6.95. The minimum absolute atomic E-state index is 0.222. The second-order valence-corrected chi connectivity index (χ2v) is 9.76. The lowest BCUT2D eigenvalue weighted by Gasteiger charge is -2.38. The highest BCUT2D eigenvalue weighted by Crippen LogP contribution is 2.46. The van der Waals surface area contributed by atoms with E-state index in [1.165, 1.54) is 0 Å². The van der Waals surface area contributed by atoms with Crippen molar-refractivity contribution in [2.45, 2.75) is 19.1 Å². The van der Waals surface area contributed by atoms with Crippen LogP contribution in [0.4, 0.5) is 0 Å². The Kier molecular flexibility index (Phi) is 4.79. The number of amides is 1. The zero-order chi connectivity index (χ0) is 23.4. The molecule has 1 amide bonds. The van der Waals surface area contributed by atoms with Crippen LogP contribution >= 0.6 is 11.3 Å². The molecule has 0 aliphatic carbocycles. The van der Waals surface area contributed by atoms with Gasteiger partial charge in [0.25, 0.3) is 5.91 Å². The monoisotopic (exact) mass is 476 g/mol. The molecule has 0 saturated carbocycles. The van der Waals surface area contributed by atoms with Gasteiger partial charge in [-0.25, -0.2) is 4.68 Å². The van der Waals surface area contributed by atoms with Crippen molar-refractivity contribution in [1.29, 1.82) is 0 Å². The molecule has 0 spiro atoms. The van der Waals surface area contributed by atoms with Gasteiger partial charge in [0.15, 0.2) is 5.69 Å². The zero-order valence-corrected chi connectivity index (χ0v) is 19.9. The van der Waals surface area contributed by atoms with E-state index >= 15 is 0 Å². The van der Waals surface area contributed by atoms with Crippen LogP contribution in [0.1, 0.15) is 23.0 Å². The van der Waals surface area contributed by atoms with Crippen LogP contribution in [0.5, 0.6) is 11.5 Å². The Hall–Kier alpha value is -3.56. The molecule has 2 aliphatic heterocycles. The highest BCUT2D eigenvalue weighted by atomic mass is 32.1. The summed E-state index contributed by atoms with van der Waals surface area (Å²) in [6, 6.07) is 8.02. The van der Waals surface area contributed by atoms with Crippen molar-refractivity contribution in [3.05, 3.63) is 58.7 Å². The molecule has 4 aromatic rings. The summed E-state index contributed by atoms with van der Waals surface area (Å²) in [5.74, 6) is 1.21. The van der Waals surface area contributed by atoms with E-state index in [1.54, 1.807) is 18.4 Å². The number of hydrogen-bond acceptors (Lipinski definition) is 6. The Morgan fingerprint density at radius 1 is 1.26 bits per heavy atom. The van der Waals surface area contributed by atoms with Gasteiger partial charge in [-0.3, -0.25) is 4.79 Å². The molecule has 5 heterocycles. The number of hydrogen-bond donors (Lipinski definition) is 1. The number of thiophene rings is 1. The maximum absolute atomic E-state index is 13.3. The van der Waals surface area contributed by atoms with E-state index in [4.69, 9.17) is 19.3 Å². The van der Waals surface area contributed by atoms with Gasteiger partial charge in [-0.15, -0.1) is 0 Å². The lowest BCUT2D eigenvalue weighted by molar-refractivity contribution is -0.0594. The number of benzene rings is 1. The molecule has 1 N–H and O–H groups in total. The quantitative estimate of drug-likeness (QED) is 0.471. The van der Waals surface area contributed by atoms with Gasteiger partial charge in [0.2, 0.25) is 0 Å². The normalized spacial score (nSPS) is 15.6. The van der Waals surface area contributed by atoms with Gasteiger partial charge in [-0.1, -0.05) is 0 Å². The molecular weight excluding hydrogens is 452 g/mol. The second-order valence-electron chi connectivity index (χ2n) is 8.98. The number of methoxy groups -OCH3 is 1. The summed E-state index contributed by atoms with van der Waals surface area (Å²) in [4.78, 5) is 13.3. The minimum atomic E-state index is -0.378.